The Morgan fingerprint density at radius 2 is 1.90 bits per heavy atom. The zero-order chi connectivity index (χ0) is 19.8. The molecule has 5 nitrogen and oxygen atoms in total. The summed E-state index contributed by atoms with van der Waals surface area (Å²) < 4.78 is 18.8. The predicted octanol–water partition coefficient (Wildman–Crippen LogP) is 3.92. The molecule has 1 heterocycles. The summed E-state index contributed by atoms with van der Waals surface area (Å²) in [5.74, 6) is 0.536. The normalized spacial score (nSPS) is 15.0. The number of para-hydroxylation sites is 1. The molecule has 0 unspecified atom stereocenters. The summed E-state index contributed by atoms with van der Waals surface area (Å²) in [5, 5.41) is 6.84. The molecule has 1 aliphatic rings. The summed E-state index contributed by atoms with van der Waals surface area (Å²) in [6, 6.07) is 16.0. The van der Waals surface area contributed by atoms with E-state index in [4.69, 9.17) is 4.74 Å². The van der Waals surface area contributed by atoms with E-state index in [0.717, 1.165) is 37.5 Å². The lowest BCUT2D eigenvalue weighted by molar-refractivity contribution is 0.181. The molecule has 0 aliphatic carbocycles. The molecule has 0 saturated carbocycles. The van der Waals surface area contributed by atoms with Crippen molar-refractivity contribution in [2.45, 2.75) is 32.0 Å². The number of anilines is 1. The van der Waals surface area contributed by atoms with Crippen molar-refractivity contribution < 1.29 is 9.13 Å². The van der Waals surface area contributed by atoms with Crippen molar-refractivity contribution in [3.05, 3.63) is 65.5 Å². The highest BCUT2D eigenvalue weighted by atomic mass is 127. The van der Waals surface area contributed by atoms with Crippen molar-refractivity contribution in [2.24, 2.45) is 4.99 Å². The van der Waals surface area contributed by atoms with Gasteiger partial charge in [0.1, 0.15) is 5.82 Å². The van der Waals surface area contributed by atoms with Crippen LogP contribution in [-0.4, -0.2) is 39.2 Å². The molecule has 3 rings (SSSR count). The van der Waals surface area contributed by atoms with Gasteiger partial charge in [0.2, 0.25) is 0 Å². The van der Waals surface area contributed by atoms with Crippen LogP contribution in [0.5, 0.6) is 0 Å². The Morgan fingerprint density at radius 1 is 1.17 bits per heavy atom. The van der Waals surface area contributed by atoms with Crippen molar-refractivity contribution in [1.82, 2.24) is 10.6 Å². The second-order valence-electron chi connectivity index (χ2n) is 7.03. The van der Waals surface area contributed by atoms with Crippen LogP contribution in [0.2, 0.25) is 0 Å². The lowest BCUT2D eigenvalue weighted by Gasteiger charge is -2.34. The van der Waals surface area contributed by atoms with E-state index in [1.807, 2.05) is 12.1 Å². The van der Waals surface area contributed by atoms with Gasteiger partial charge in [-0.1, -0.05) is 24.3 Å². The van der Waals surface area contributed by atoms with Gasteiger partial charge in [-0.15, -0.1) is 24.0 Å². The zero-order valence-corrected chi connectivity index (χ0v) is 19.4. The van der Waals surface area contributed by atoms with Gasteiger partial charge in [-0.3, -0.25) is 4.99 Å². The average molecular weight is 512 g/mol. The Balaban J connectivity index is 0.00000300. The summed E-state index contributed by atoms with van der Waals surface area (Å²) in [5.41, 5.74) is 2.85. The van der Waals surface area contributed by atoms with Gasteiger partial charge in [0.25, 0.3) is 0 Å². The van der Waals surface area contributed by atoms with Gasteiger partial charge in [0.15, 0.2) is 5.96 Å². The minimum Gasteiger partial charge on any atom is -0.380 e. The molecule has 0 amide bonds. The molecular weight excluding hydrogens is 482 g/mol. The molecule has 1 fully saturated rings. The van der Waals surface area contributed by atoms with Gasteiger partial charge in [-0.2, -0.15) is 0 Å². The number of rotatable bonds is 6. The van der Waals surface area contributed by atoms with Crippen molar-refractivity contribution >= 4 is 35.6 Å². The van der Waals surface area contributed by atoms with Gasteiger partial charge < -0.3 is 20.3 Å². The molecule has 0 atom stereocenters. The maximum atomic E-state index is 13.7. The van der Waals surface area contributed by atoms with Crippen molar-refractivity contribution in [2.75, 3.05) is 32.1 Å². The number of methoxy groups -OCH3 is 1. The Bertz CT molecular complexity index is 780. The number of piperidine rings is 1. The summed E-state index contributed by atoms with van der Waals surface area (Å²) in [6.07, 6.45) is 2.12. The minimum atomic E-state index is -0.238. The molecule has 2 N–H and O–H groups in total. The molecular formula is C22H30FIN4O. The number of benzene rings is 2. The lowest BCUT2D eigenvalue weighted by Crippen LogP contribution is -2.48. The summed E-state index contributed by atoms with van der Waals surface area (Å²) >= 11 is 0. The first-order valence-electron chi connectivity index (χ1n) is 9.73. The Hall–Kier alpha value is -1.87. The fourth-order valence-corrected chi connectivity index (χ4v) is 3.50. The number of aliphatic imine (C=N–C) groups is 1. The summed E-state index contributed by atoms with van der Waals surface area (Å²) in [4.78, 5) is 6.75. The lowest BCUT2D eigenvalue weighted by atomic mass is 10.0. The van der Waals surface area contributed by atoms with Gasteiger partial charge in [0.05, 0.1) is 6.61 Å². The van der Waals surface area contributed by atoms with Crippen molar-refractivity contribution in [1.29, 1.82) is 0 Å². The highest BCUT2D eigenvalue weighted by molar-refractivity contribution is 14.0. The van der Waals surface area contributed by atoms with Crippen molar-refractivity contribution in [3.63, 3.8) is 0 Å². The van der Waals surface area contributed by atoms with E-state index in [0.29, 0.717) is 18.2 Å². The van der Waals surface area contributed by atoms with E-state index in [2.05, 4.69) is 44.8 Å². The number of nitrogens with one attached hydrogen (secondary N) is 2. The number of halogens is 2. The third-order valence-electron chi connectivity index (χ3n) is 5.05. The van der Waals surface area contributed by atoms with Gasteiger partial charge in [-0.05, 0) is 42.7 Å². The first-order chi connectivity index (χ1) is 13.7. The summed E-state index contributed by atoms with van der Waals surface area (Å²) in [6.45, 7) is 2.90. The third-order valence-corrected chi connectivity index (χ3v) is 5.05. The first-order valence-corrected chi connectivity index (χ1v) is 9.73. The van der Waals surface area contributed by atoms with Crippen LogP contribution in [0.1, 0.15) is 24.0 Å². The zero-order valence-electron chi connectivity index (χ0n) is 17.0. The van der Waals surface area contributed by atoms with Gasteiger partial charge >= 0.3 is 0 Å². The van der Waals surface area contributed by atoms with Crippen LogP contribution >= 0.6 is 24.0 Å². The van der Waals surface area contributed by atoms with Crippen molar-refractivity contribution in [3.8, 4) is 0 Å². The number of hydrogen-bond acceptors (Lipinski definition) is 3. The average Bonchev–Trinajstić information content (AvgIpc) is 2.74. The topological polar surface area (TPSA) is 48.9 Å². The molecule has 2 aromatic rings. The van der Waals surface area contributed by atoms with Gasteiger partial charge in [0, 0.05) is 51.1 Å². The molecule has 1 aliphatic heterocycles. The highest BCUT2D eigenvalue weighted by Crippen LogP contribution is 2.19. The van der Waals surface area contributed by atoms with Crippen LogP contribution in [-0.2, 0) is 17.9 Å². The number of guanidine groups is 1. The second-order valence-corrected chi connectivity index (χ2v) is 7.03. The number of ether oxygens (including phenoxy) is 1. The van der Waals surface area contributed by atoms with Crippen LogP contribution in [0.4, 0.5) is 10.1 Å². The Kier molecular flexibility index (Phi) is 9.66. The quantitative estimate of drug-likeness (QED) is 0.350. The Labute approximate surface area is 189 Å². The molecule has 0 aromatic heterocycles. The minimum absolute atomic E-state index is 0. The van der Waals surface area contributed by atoms with Crippen LogP contribution in [0.25, 0.3) is 0 Å². The number of nitrogens with zero attached hydrogens (tertiary/aromatic N) is 2. The largest absolute Gasteiger partial charge is 0.380 e. The van der Waals surface area contributed by atoms with Crippen LogP contribution in [0.3, 0.4) is 0 Å². The first kappa shape index (κ1) is 23.4. The fourth-order valence-electron chi connectivity index (χ4n) is 3.50. The molecule has 0 spiro atoms. The second kappa shape index (κ2) is 12.0. The van der Waals surface area contributed by atoms with E-state index >= 15 is 0 Å². The predicted molar refractivity (Wildman–Crippen MR) is 128 cm³/mol. The molecule has 2 aromatic carbocycles. The molecule has 7 heteroatoms. The van der Waals surface area contributed by atoms with Gasteiger partial charge in [-0.25, -0.2) is 4.39 Å². The van der Waals surface area contributed by atoms with Crippen LogP contribution in [0, 0.1) is 5.82 Å². The molecule has 29 heavy (non-hydrogen) atoms. The SMILES string of the molecule is CN=C(NCc1ccc(F)c(COC)c1)NC1CCN(c2ccccc2)CC1.I. The standard InChI is InChI=1S/C22H29FN4O.HI/c1-24-22(25-15-17-8-9-21(23)18(14-17)16-28-2)26-19-10-12-27(13-11-19)20-6-4-3-5-7-20;/h3-9,14,19H,10-13,15-16H2,1-2H3,(H2,24,25,26);1H. The summed E-state index contributed by atoms with van der Waals surface area (Å²) in [7, 11) is 3.34. The van der Waals surface area contributed by atoms with E-state index in [9.17, 15) is 4.39 Å². The fraction of sp³-hybridized carbons (Fsp3) is 0.409. The van der Waals surface area contributed by atoms with Crippen LogP contribution < -0.4 is 15.5 Å². The Morgan fingerprint density at radius 3 is 2.55 bits per heavy atom. The van der Waals surface area contributed by atoms with E-state index in [-0.39, 0.29) is 36.4 Å². The maximum absolute atomic E-state index is 13.7. The maximum Gasteiger partial charge on any atom is 0.191 e. The van der Waals surface area contributed by atoms with E-state index < -0.39 is 0 Å². The monoisotopic (exact) mass is 512 g/mol. The molecule has 0 radical (unpaired) electrons. The number of hydrogen-bond donors (Lipinski definition) is 2. The molecule has 158 valence electrons. The molecule has 0 bridgehead atoms. The smallest absolute Gasteiger partial charge is 0.191 e. The van der Waals surface area contributed by atoms with E-state index in [1.165, 1.54) is 11.8 Å². The molecule has 1 saturated heterocycles. The van der Waals surface area contributed by atoms with E-state index in [1.54, 1.807) is 20.2 Å². The highest BCUT2D eigenvalue weighted by Gasteiger charge is 2.20. The third kappa shape index (κ3) is 6.85. The van der Waals surface area contributed by atoms with Crippen LogP contribution in [0.15, 0.2) is 53.5 Å².